The number of ether oxygens (including phenoxy) is 1. The zero-order valence-corrected chi connectivity index (χ0v) is 17.2. The van der Waals surface area contributed by atoms with Crippen LogP contribution in [0.5, 0.6) is 0 Å². The van der Waals surface area contributed by atoms with Crippen molar-refractivity contribution in [3.8, 4) is 0 Å². The first-order valence-electron chi connectivity index (χ1n) is 7.87. The van der Waals surface area contributed by atoms with Gasteiger partial charge in [0.25, 0.3) is 0 Å². The number of nitrogens with two attached hydrogens (primary N) is 1. The fourth-order valence-electron chi connectivity index (χ4n) is 2.19. The maximum atomic E-state index is 12.7. The van der Waals surface area contributed by atoms with Crippen molar-refractivity contribution in [2.45, 2.75) is 46.4 Å². The standard InChI is InChI=1S/C14H23BrN5O4P/c1-9(2)23-25(21,24-10(3)4)8-22-6-5-20-13-11(19-14(20)15)12(16)17-7-18-13/h7,9-10H,5-6,8H2,1-4H3,(H2,16,17,18). The van der Waals surface area contributed by atoms with Gasteiger partial charge in [-0.2, -0.15) is 0 Å². The van der Waals surface area contributed by atoms with Crippen molar-refractivity contribution < 1.29 is 18.3 Å². The summed E-state index contributed by atoms with van der Waals surface area (Å²) in [6, 6.07) is 0. The average Bonchev–Trinajstić information content (AvgIpc) is 2.79. The zero-order chi connectivity index (χ0) is 18.6. The van der Waals surface area contributed by atoms with Crippen LogP contribution in [0.15, 0.2) is 11.1 Å². The monoisotopic (exact) mass is 435 g/mol. The molecule has 0 saturated heterocycles. The Morgan fingerprint density at radius 2 is 1.88 bits per heavy atom. The molecule has 2 aromatic heterocycles. The van der Waals surface area contributed by atoms with Gasteiger partial charge in [-0.3, -0.25) is 4.57 Å². The summed E-state index contributed by atoms with van der Waals surface area (Å²) in [7, 11) is -3.31. The third-order valence-electron chi connectivity index (χ3n) is 2.97. The Bertz CT molecular complexity index is 753. The Morgan fingerprint density at radius 3 is 2.48 bits per heavy atom. The molecule has 2 aromatic rings. The second-order valence-electron chi connectivity index (χ2n) is 5.92. The van der Waals surface area contributed by atoms with Gasteiger partial charge in [0.2, 0.25) is 0 Å². The lowest BCUT2D eigenvalue weighted by Crippen LogP contribution is -2.14. The summed E-state index contributed by atoms with van der Waals surface area (Å²) in [6.07, 6.45) is 0.814. The summed E-state index contributed by atoms with van der Waals surface area (Å²) < 4.78 is 31.5. The highest BCUT2D eigenvalue weighted by Crippen LogP contribution is 2.50. The van der Waals surface area contributed by atoms with Crippen LogP contribution in [0.3, 0.4) is 0 Å². The van der Waals surface area contributed by atoms with Crippen molar-refractivity contribution in [2.75, 3.05) is 18.7 Å². The Labute approximate surface area is 154 Å². The van der Waals surface area contributed by atoms with Crippen LogP contribution in [-0.2, 0) is 24.9 Å². The van der Waals surface area contributed by atoms with Crippen molar-refractivity contribution in [1.82, 2.24) is 19.5 Å². The van der Waals surface area contributed by atoms with Gasteiger partial charge in [0.1, 0.15) is 12.7 Å². The Hall–Kier alpha value is -1.06. The number of rotatable bonds is 9. The number of fused-ring (bicyclic) bond motifs is 1. The highest BCUT2D eigenvalue weighted by molar-refractivity contribution is 9.10. The van der Waals surface area contributed by atoms with Gasteiger partial charge in [0.15, 0.2) is 21.7 Å². The molecule has 0 atom stereocenters. The Kier molecular flexibility index (Phi) is 6.93. The summed E-state index contributed by atoms with van der Waals surface area (Å²) in [4.78, 5) is 12.4. The quantitative estimate of drug-likeness (QED) is 0.362. The smallest absolute Gasteiger partial charge is 0.356 e. The molecule has 0 unspecified atom stereocenters. The molecule has 0 aromatic carbocycles. The zero-order valence-electron chi connectivity index (χ0n) is 14.7. The summed E-state index contributed by atoms with van der Waals surface area (Å²) >= 11 is 3.37. The molecule has 140 valence electrons. The number of imidazole rings is 1. The third kappa shape index (κ3) is 5.46. The van der Waals surface area contributed by atoms with Gasteiger partial charge in [0.05, 0.1) is 25.4 Å². The SMILES string of the molecule is CC(C)OP(=O)(COCCn1c(Br)nc2c(N)ncnc21)OC(C)C. The van der Waals surface area contributed by atoms with Gasteiger partial charge in [-0.15, -0.1) is 0 Å². The first-order valence-corrected chi connectivity index (χ1v) is 10.4. The van der Waals surface area contributed by atoms with E-state index in [2.05, 4.69) is 30.9 Å². The largest absolute Gasteiger partial charge is 0.382 e. The van der Waals surface area contributed by atoms with Gasteiger partial charge < -0.3 is 24.1 Å². The maximum absolute atomic E-state index is 12.7. The number of halogens is 1. The highest BCUT2D eigenvalue weighted by atomic mass is 79.9. The topological polar surface area (TPSA) is 114 Å². The van der Waals surface area contributed by atoms with Gasteiger partial charge >= 0.3 is 7.60 Å². The van der Waals surface area contributed by atoms with Crippen molar-refractivity contribution in [3.63, 3.8) is 0 Å². The van der Waals surface area contributed by atoms with E-state index in [1.54, 1.807) is 32.3 Å². The first kappa shape index (κ1) is 20.3. The molecule has 0 bridgehead atoms. The van der Waals surface area contributed by atoms with E-state index in [1.807, 2.05) is 0 Å². The molecule has 0 amide bonds. The van der Waals surface area contributed by atoms with Crippen LogP contribution in [0.25, 0.3) is 11.2 Å². The van der Waals surface area contributed by atoms with Crippen molar-refractivity contribution in [2.24, 2.45) is 0 Å². The van der Waals surface area contributed by atoms with Crippen LogP contribution in [0, 0.1) is 0 Å². The van der Waals surface area contributed by atoms with Crippen LogP contribution >= 0.6 is 23.5 Å². The minimum atomic E-state index is -3.31. The molecule has 2 rings (SSSR count). The molecule has 0 fully saturated rings. The van der Waals surface area contributed by atoms with E-state index in [-0.39, 0.29) is 25.2 Å². The lowest BCUT2D eigenvalue weighted by molar-refractivity contribution is 0.0959. The minimum absolute atomic E-state index is 0.120. The molecular weight excluding hydrogens is 413 g/mol. The van der Waals surface area contributed by atoms with Crippen molar-refractivity contribution in [3.05, 3.63) is 11.1 Å². The average molecular weight is 436 g/mol. The molecule has 0 aliphatic carbocycles. The number of nitrogen functional groups attached to an aromatic ring is 1. The molecule has 25 heavy (non-hydrogen) atoms. The lowest BCUT2D eigenvalue weighted by Gasteiger charge is -2.22. The second-order valence-corrected chi connectivity index (χ2v) is 8.53. The van der Waals surface area contributed by atoms with Gasteiger partial charge in [0, 0.05) is 0 Å². The summed E-state index contributed by atoms with van der Waals surface area (Å²) in [5.74, 6) is 0.311. The minimum Gasteiger partial charge on any atom is -0.382 e. The summed E-state index contributed by atoms with van der Waals surface area (Å²) in [6.45, 7) is 7.92. The second kappa shape index (κ2) is 8.55. The lowest BCUT2D eigenvalue weighted by atomic mass is 10.5. The predicted molar refractivity (Wildman–Crippen MR) is 98.3 cm³/mol. The molecule has 2 N–H and O–H groups in total. The van der Waals surface area contributed by atoms with E-state index in [4.69, 9.17) is 19.5 Å². The molecule has 0 spiro atoms. The van der Waals surface area contributed by atoms with Crippen LogP contribution in [0.1, 0.15) is 27.7 Å². The van der Waals surface area contributed by atoms with E-state index < -0.39 is 7.60 Å². The fourth-order valence-corrected chi connectivity index (χ4v) is 4.52. The first-order chi connectivity index (χ1) is 11.7. The van der Waals surface area contributed by atoms with Gasteiger partial charge in [-0.05, 0) is 43.6 Å². The Balaban J connectivity index is 1.99. The van der Waals surface area contributed by atoms with E-state index >= 15 is 0 Å². The summed E-state index contributed by atoms with van der Waals surface area (Å²) in [5, 5.41) is 0. The van der Waals surface area contributed by atoms with Crippen molar-refractivity contribution in [1.29, 1.82) is 0 Å². The van der Waals surface area contributed by atoms with Crippen LogP contribution in [-0.4, -0.2) is 44.7 Å². The highest BCUT2D eigenvalue weighted by Gasteiger charge is 2.28. The fraction of sp³-hybridized carbons (Fsp3) is 0.643. The van der Waals surface area contributed by atoms with Gasteiger partial charge in [-0.1, -0.05) is 0 Å². The molecule has 9 nitrogen and oxygen atoms in total. The number of anilines is 1. The molecule has 0 radical (unpaired) electrons. The number of nitrogens with zero attached hydrogens (tertiary/aromatic N) is 4. The van der Waals surface area contributed by atoms with Gasteiger partial charge in [-0.25, -0.2) is 15.0 Å². The number of hydrogen-bond acceptors (Lipinski definition) is 8. The van der Waals surface area contributed by atoms with E-state index in [0.29, 0.717) is 28.3 Å². The number of aromatic nitrogens is 4. The third-order valence-corrected chi connectivity index (χ3v) is 5.56. The Morgan fingerprint density at radius 1 is 1.24 bits per heavy atom. The maximum Gasteiger partial charge on any atom is 0.356 e. The predicted octanol–water partition coefficient (Wildman–Crippen LogP) is 3.19. The normalized spacial score (nSPS) is 12.6. The molecule has 11 heteroatoms. The molecule has 0 aliphatic heterocycles. The van der Waals surface area contributed by atoms with E-state index in [1.165, 1.54) is 6.33 Å². The molecule has 2 heterocycles. The molecular formula is C14H23BrN5O4P. The van der Waals surface area contributed by atoms with Crippen molar-refractivity contribution >= 4 is 40.5 Å². The summed E-state index contributed by atoms with van der Waals surface area (Å²) in [5.41, 5.74) is 6.91. The van der Waals surface area contributed by atoms with Crippen LogP contribution in [0.2, 0.25) is 0 Å². The number of hydrogen-bond donors (Lipinski definition) is 1. The molecule has 0 saturated carbocycles. The molecule has 0 aliphatic rings. The van der Waals surface area contributed by atoms with Crippen LogP contribution < -0.4 is 5.73 Å². The van der Waals surface area contributed by atoms with Crippen LogP contribution in [0.4, 0.5) is 5.82 Å². The van der Waals surface area contributed by atoms with E-state index in [0.717, 1.165) is 0 Å². The van der Waals surface area contributed by atoms with E-state index in [9.17, 15) is 4.57 Å².